The van der Waals surface area contributed by atoms with E-state index in [0.29, 0.717) is 33.8 Å². The van der Waals surface area contributed by atoms with Gasteiger partial charge in [-0.1, -0.05) is 0 Å². The van der Waals surface area contributed by atoms with Gasteiger partial charge in [0.1, 0.15) is 22.8 Å². The zero-order chi connectivity index (χ0) is 16.4. The normalized spacial score (nSPS) is 10.5. The van der Waals surface area contributed by atoms with Gasteiger partial charge in [-0.15, -0.1) is 0 Å². The van der Waals surface area contributed by atoms with E-state index in [4.69, 9.17) is 13.9 Å². The summed E-state index contributed by atoms with van der Waals surface area (Å²) in [6, 6.07) is 13.2. The number of hydrogen-bond donors (Lipinski definition) is 0. The average molecular weight is 310 g/mol. The first-order valence-electron chi connectivity index (χ1n) is 6.97. The predicted octanol–water partition coefficient (Wildman–Crippen LogP) is 3.39. The minimum atomic E-state index is -0.387. The monoisotopic (exact) mass is 310 g/mol. The van der Waals surface area contributed by atoms with Crippen LogP contribution in [-0.2, 0) is 4.79 Å². The molecule has 0 amide bonds. The highest BCUT2D eigenvalue weighted by molar-refractivity contribution is 5.80. The highest BCUT2D eigenvalue weighted by Gasteiger charge is 2.08. The Labute approximate surface area is 132 Å². The lowest BCUT2D eigenvalue weighted by atomic mass is 10.1. The molecule has 0 saturated heterocycles. The second kappa shape index (κ2) is 5.96. The number of rotatable bonds is 3. The van der Waals surface area contributed by atoms with Gasteiger partial charge in [0, 0.05) is 24.6 Å². The molecule has 0 unspecified atom stereocenters. The van der Waals surface area contributed by atoms with E-state index in [-0.39, 0.29) is 11.4 Å². The lowest BCUT2D eigenvalue weighted by Gasteiger charge is -2.06. The minimum absolute atomic E-state index is 0.132. The van der Waals surface area contributed by atoms with E-state index >= 15 is 0 Å². The van der Waals surface area contributed by atoms with Crippen LogP contribution in [0.3, 0.4) is 0 Å². The SMILES string of the molecule is COc1ccc2c(=O)cc(-c3ccc(OC(C)=O)cc3)oc2c1. The summed E-state index contributed by atoms with van der Waals surface area (Å²) in [6.07, 6.45) is 0. The molecule has 0 fully saturated rings. The topological polar surface area (TPSA) is 65.7 Å². The van der Waals surface area contributed by atoms with Gasteiger partial charge >= 0.3 is 5.97 Å². The molecule has 0 aliphatic rings. The summed E-state index contributed by atoms with van der Waals surface area (Å²) >= 11 is 0. The molecule has 3 aromatic rings. The van der Waals surface area contributed by atoms with Crippen LogP contribution in [0.5, 0.6) is 11.5 Å². The second-order valence-electron chi connectivity index (χ2n) is 4.96. The van der Waals surface area contributed by atoms with E-state index in [1.165, 1.54) is 13.0 Å². The highest BCUT2D eigenvalue weighted by atomic mass is 16.5. The summed E-state index contributed by atoms with van der Waals surface area (Å²) in [5.41, 5.74) is 1.03. The number of fused-ring (bicyclic) bond motifs is 1. The Morgan fingerprint density at radius 1 is 1.00 bits per heavy atom. The van der Waals surface area contributed by atoms with Crippen molar-refractivity contribution in [2.24, 2.45) is 0 Å². The highest BCUT2D eigenvalue weighted by Crippen LogP contribution is 2.26. The van der Waals surface area contributed by atoms with Crippen molar-refractivity contribution in [3.8, 4) is 22.8 Å². The third-order valence-corrected chi connectivity index (χ3v) is 3.34. The fourth-order valence-corrected chi connectivity index (χ4v) is 2.26. The van der Waals surface area contributed by atoms with Crippen LogP contribution in [0.1, 0.15) is 6.92 Å². The second-order valence-corrected chi connectivity index (χ2v) is 4.96. The van der Waals surface area contributed by atoms with Gasteiger partial charge in [0.25, 0.3) is 0 Å². The Morgan fingerprint density at radius 2 is 1.70 bits per heavy atom. The van der Waals surface area contributed by atoms with Gasteiger partial charge in [0.15, 0.2) is 5.43 Å². The Kier molecular flexibility index (Phi) is 3.85. The fraction of sp³-hybridized carbons (Fsp3) is 0.111. The van der Waals surface area contributed by atoms with E-state index in [1.54, 1.807) is 49.6 Å². The number of carbonyl (C=O) groups excluding carboxylic acids is 1. The molecule has 0 spiro atoms. The van der Waals surface area contributed by atoms with E-state index in [9.17, 15) is 9.59 Å². The maximum absolute atomic E-state index is 12.2. The maximum Gasteiger partial charge on any atom is 0.308 e. The molecule has 0 aliphatic heterocycles. The molecule has 0 N–H and O–H groups in total. The average Bonchev–Trinajstić information content (AvgIpc) is 2.54. The number of ether oxygens (including phenoxy) is 2. The Hall–Kier alpha value is -3.08. The lowest BCUT2D eigenvalue weighted by molar-refractivity contribution is -0.131. The summed E-state index contributed by atoms with van der Waals surface area (Å²) in [7, 11) is 1.55. The molecule has 5 heteroatoms. The molecule has 1 aromatic heterocycles. The van der Waals surface area contributed by atoms with E-state index in [2.05, 4.69) is 0 Å². The van der Waals surface area contributed by atoms with Crippen molar-refractivity contribution in [3.05, 3.63) is 58.8 Å². The molecule has 0 aliphatic carbocycles. The van der Waals surface area contributed by atoms with Gasteiger partial charge in [0.05, 0.1) is 12.5 Å². The molecule has 5 nitrogen and oxygen atoms in total. The Balaban J connectivity index is 2.05. The van der Waals surface area contributed by atoms with Crippen molar-refractivity contribution < 1.29 is 18.7 Å². The molecule has 1 heterocycles. The van der Waals surface area contributed by atoms with Gasteiger partial charge < -0.3 is 13.9 Å². The van der Waals surface area contributed by atoms with Gasteiger partial charge in [0.2, 0.25) is 0 Å². The zero-order valence-corrected chi connectivity index (χ0v) is 12.7. The number of esters is 1. The van der Waals surface area contributed by atoms with Crippen molar-refractivity contribution in [2.75, 3.05) is 7.11 Å². The summed E-state index contributed by atoms with van der Waals surface area (Å²) in [5, 5.41) is 0.492. The smallest absolute Gasteiger partial charge is 0.308 e. The van der Waals surface area contributed by atoms with E-state index in [0.717, 1.165) is 0 Å². The third-order valence-electron chi connectivity index (χ3n) is 3.34. The van der Waals surface area contributed by atoms with Gasteiger partial charge in [-0.2, -0.15) is 0 Å². The van der Waals surface area contributed by atoms with Crippen LogP contribution in [0.2, 0.25) is 0 Å². The van der Waals surface area contributed by atoms with Crippen molar-refractivity contribution in [1.82, 2.24) is 0 Å². The third kappa shape index (κ3) is 3.08. The van der Waals surface area contributed by atoms with Crippen LogP contribution in [0, 0.1) is 0 Å². The number of benzene rings is 2. The quantitative estimate of drug-likeness (QED) is 0.548. The first-order chi connectivity index (χ1) is 11.1. The molecule has 116 valence electrons. The summed E-state index contributed by atoms with van der Waals surface area (Å²) in [6.45, 7) is 1.34. The minimum Gasteiger partial charge on any atom is -0.497 e. The van der Waals surface area contributed by atoms with Gasteiger partial charge in [-0.25, -0.2) is 0 Å². The summed E-state index contributed by atoms with van der Waals surface area (Å²) < 4.78 is 15.9. The molecule has 0 radical (unpaired) electrons. The van der Waals surface area contributed by atoms with E-state index in [1.807, 2.05) is 0 Å². The van der Waals surface area contributed by atoms with Crippen molar-refractivity contribution in [3.63, 3.8) is 0 Å². The van der Waals surface area contributed by atoms with Gasteiger partial charge in [-0.3, -0.25) is 9.59 Å². The van der Waals surface area contributed by atoms with Crippen molar-refractivity contribution >= 4 is 16.9 Å². The fourth-order valence-electron chi connectivity index (χ4n) is 2.26. The standard InChI is InChI=1S/C18H14O5/c1-11(19)22-13-5-3-12(4-6-13)17-10-16(20)15-8-7-14(21-2)9-18(15)23-17/h3-10H,1-2H3. The molecule has 0 atom stereocenters. The number of carbonyl (C=O) groups is 1. The molecule has 0 bridgehead atoms. The Bertz CT molecular complexity index is 922. The lowest BCUT2D eigenvalue weighted by Crippen LogP contribution is -2.01. The molecular formula is C18H14O5. The number of methoxy groups -OCH3 is 1. The van der Waals surface area contributed by atoms with Crippen molar-refractivity contribution in [1.29, 1.82) is 0 Å². The molecule has 3 rings (SSSR count). The summed E-state index contributed by atoms with van der Waals surface area (Å²) in [4.78, 5) is 23.1. The van der Waals surface area contributed by atoms with Crippen LogP contribution < -0.4 is 14.9 Å². The molecule has 2 aromatic carbocycles. The van der Waals surface area contributed by atoms with Crippen LogP contribution in [-0.4, -0.2) is 13.1 Å². The van der Waals surface area contributed by atoms with Crippen LogP contribution >= 0.6 is 0 Å². The van der Waals surface area contributed by atoms with Crippen molar-refractivity contribution in [2.45, 2.75) is 6.92 Å². The molecular weight excluding hydrogens is 296 g/mol. The predicted molar refractivity (Wildman–Crippen MR) is 85.8 cm³/mol. The van der Waals surface area contributed by atoms with E-state index < -0.39 is 0 Å². The maximum atomic E-state index is 12.2. The number of hydrogen-bond acceptors (Lipinski definition) is 5. The van der Waals surface area contributed by atoms with Crippen LogP contribution in [0.15, 0.2) is 57.7 Å². The van der Waals surface area contributed by atoms with Crippen LogP contribution in [0.4, 0.5) is 0 Å². The van der Waals surface area contributed by atoms with Crippen LogP contribution in [0.25, 0.3) is 22.3 Å². The summed E-state index contributed by atoms with van der Waals surface area (Å²) in [5.74, 6) is 1.10. The first kappa shape index (κ1) is 14.8. The largest absolute Gasteiger partial charge is 0.497 e. The Morgan fingerprint density at radius 3 is 2.35 bits per heavy atom. The molecule has 23 heavy (non-hydrogen) atoms. The first-order valence-corrected chi connectivity index (χ1v) is 6.97. The molecule has 0 saturated carbocycles. The van der Waals surface area contributed by atoms with Gasteiger partial charge in [-0.05, 0) is 36.4 Å². The zero-order valence-electron chi connectivity index (χ0n) is 12.7.